The van der Waals surface area contributed by atoms with Crippen LogP contribution < -0.4 is 5.32 Å². The molecule has 0 bridgehead atoms. The monoisotopic (exact) mass is 281 g/mol. The summed E-state index contributed by atoms with van der Waals surface area (Å²) in [7, 11) is 0. The summed E-state index contributed by atoms with van der Waals surface area (Å²) in [5, 5.41) is 4.43. The van der Waals surface area contributed by atoms with E-state index in [0.29, 0.717) is 16.6 Å². The predicted molar refractivity (Wildman–Crippen MR) is 81.0 cm³/mol. The van der Waals surface area contributed by atoms with Gasteiger partial charge < -0.3 is 5.32 Å². The Kier molecular flexibility index (Phi) is 6.03. The highest BCUT2D eigenvalue weighted by Gasteiger charge is 1.99. The van der Waals surface area contributed by atoms with Gasteiger partial charge in [-0.1, -0.05) is 47.5 Å². The first-order chi connectivity index (χ1) is 8.52. The summed E-state index contributed by atoms with van der Waals surface area (Å²) in [5.41, 5.74) is 3.29. The molecule has 1 rings (SSSR count). The molecule has 0 heterocycles. The van der Waals surface area contributed by atoms with Crippen molar-refractivity contribution in [1.29, 1.82) is 0 Å². The van der Waals surface area contributed by atoms with Crippen molar-refractivity contribution in [3.63, 3.8) is 0 Å². The van der Waals surface area contributed by atoms with Crippen molar-refractivity contribution in [2.24, 2.45) is 0 Å². The fraction of sp³-hybridized carbons (Fsp3) is 0.200. The molecule has 0 fully saturated rings. The van der Waals surface area contributed by atoms with Gasteiger partial charge in [0.1, 0.15) is 0 Å². The Labute approximate surface area is 119 Å². The predicted octanol–water partition coefficient (Wildman–Crippen LogP) is 5.12. The smallest absolute Gasteiger partial charge is 0.0595 e. The maximum Gasteiger partial charge on any atom is 0.0595 e. The van der Waals surface area contributed by atoms with Crippen LogP contribution in [-0.2, 0) is 6.54 Å². The van der Waals surface area contributed by atoms with E-state index in [1.807, 2.05) is 24.3 Å². The fourth-order valence-electron chi connectivity index (χ4n) is 1.31. The van der Waals surface area contributed by atoms with Crippen LogP contribution in [0.4, 0.5) is 0 Å². The van der Waals surface area contributed by atoms with Crippen LogP contribution in [0.1, 0.15) is 19.4 Å². The van der Waals surface area contributed by atoms with Crippen molar-refractivity contribution < 1.29 is 0 Å². The van der Waals surface area contributed by atoms with Gasteiger partial charge in [-0.3, -0.25) is 0 Å². The molecular formula is C15H17Cl2N. The lowest BCUT2D eigenvalue weighted by molar-refractivity contribution is 0.834. The standard InChI is InChI=1S/C15H17Cl2N/c1-4-13(7-5-11(2)3)18-10-12-6-8-14(16)15(17)9-12/h4-9,18H,1,10H2,2-3H3/b13-7+. The van der Waals surface area contributed by atoms with Gasteiger partial charge in [0.05, 0.1) is 10.0 Å². The molecule has 0 aliphatic rings. The van der Waals surface area contributed by atoms with Crippen LogP contribution in [0.2, 0.25) is 10.0 Å². The molecule has 0 spiro atoms. The summed E-state index contributed by atoms with van der Waals surface area (Å²) >= 11 is 11.8. The van der Waals surface area contributed by atoms with E-state index in [9.17, 15) is 0 Å². The van der Waals surface area contributed by atoms with Gasteiger partial charge in [-0.25, -0.2) is 0 Å². The van der Waals surface area contributed by atoms with Crippen molar-refractivity contribution >= 4 is 23.2 Å². The summed E-state index contributed by atoms with van der Waals surface area (Å²) in [4.78, 5) is 0. The van der Waals surface area contributed by atoms with E-state index in [2.05, 4.69) is 25.7 Å². The van der Waals surface area contributed by atoms with Gasteiger partial charge in [0, 0.05) is 12.2 Å². The molecule has 0 unspecified atom stereocenters. The van der Waals surface area contributed by atoms with Gasteiger partial charge in [-0.05, 0) is 43.7 Å². The van der Waals surface area contributed by atoms with Crippen molar-refractivity contribution in [1.82, 2.24) is 5.32 Å². The minimum absolute atomic E-state index is 0.574. The second-order valence-corrected chi connectivity index (χ2v) is 4.99. The fourth-order valence-corrected chi connectivity index (χ4v) is 1.63. The van der Waals surface area contributed by atoms with E-state index in [1.54, 1.807) is 12.1 Å². The quantitative estimate of drug-likeness (QED) is 0.739. The first-order valence-electron chi connectivity index (χ1n) is 5.68. The van der Waals surface area contributed by atoms with Crippen LogP contribution in [0.3, 0.4) is 0 Å². The molecule has 18 heavy (non-hydrogen) atoms. The Balaban J connectivity index is 2.68. The maximum absolute atomic E-state index is 5.96. The molecule has 0 aliphatic heterocycles. The van der Waals surface area contributed by atoms with Crippen LogP contribution in [0.5, 0.6) is 0 Å². The lowest BCUT2D eigenvalue weighted by Gasteiger charge is -2.07. The zero-order valence-corrected chi connectivity index (χ0v) is 12.1. The molecule has 0 saturated carbocycles. The van der Waals surface area contributed by atoms with Crippen LogP contribution >= 0.6 is 23.2 Å². The van der Waals surface area contributed by atoms with E-state index in [4.69, 9.17) is 23.2 Å². The number of allylic oxidation sites excluding steroid dienone is 4. The zero-order chi connectivity index (χ0) is 13.5. The third-order valence-electron chi connectivity index (χ3n) is 2.30. The highest BCUT2D eigenvalue weighted by atomic mass is 35.5. The third-order valence-corrected chi connectivity index (χ3v) is 3.04. The van der Waals surface area contributed by atoms with Gasteiger partial charge in [0.2, 0.25) is 0 Å². The highest BCUT2D eigenvalue weighted by molar-refractivity contribution is 6.42. The number of hydrogen-bond donors (Lipinski definition) is 1. The lowest BCUT2D eigenvalue weighted by Crippen LogP contribution is -2.10. The summed E-state index contributed by atoms with van der Waals surface area (Å²) in [6.07, 6.45) is 5.83. The van der Waals surface area contributed by atoms with Crippen LogP contribution in [0.15, 0.2) is 54.3 Å². The summed E-state index contributed by atoms with van der Waals surface area (Å²) in [6, 6.07) is 5.61. The Morgan fingerprint density at radius 2 is 1.94 bits per heavy atom. The largest absolute Gasteiger partial charge is 0.381 e. The SMILES string of the molecule is C=C/C(=C\C=C(C)C)NCc1ccc(Cl)c(Cl)c1. The second kappa shape index (κ2) is 7.30. The number of hydrogen-bond acceptors (Lipinski definition) is 1. The van der Waals surface area contributed by atoms with Crippen molar-refractivity contribution in [2.45, 2.75) is 20.4 Å². The number of halogens is 2. The molecule has 0 aliphatic carbocycles. The van der Waals surface area contributed by atoms with Gasteiger partial charge in [-0.15, -0.1) is 0 Å². The van der Waals surface area contributed by atoms with Crippen molar-refractivity contribution in [3.8, 4) is 0 Å². The Morgan fingerprint density at radius 3 is 2.50 bits per heavy atom. The number of rotatable bonds is 5. The molecule has 0 saturated heterocycles. The van der Waals surface area contributed by atoms with E-state index >= 15 is 0 Å². The van der Waals surface area contributed by atoms with E-state index in [-0.39, 0.29) is 0 Å². The second-order valence-electron chi connectivity index (χ2n) is 4.17. The number of nitrogens with one attached hydrogen (secondary N) is 1. The van der Waals surface area contributed by atoms with E-state index in [0.717, 1.165) is 11.3 Å². The first-order valence-corrected chi connectivity index (χ1v) is 6.44. The Hall–Kier alpha value is -1.18. The summed E-state index contributed by atoms with van der Waals surface area (Å²) in [6.45, 7) is 8.57. The van der Waals surface area contributed by atoms with Gasteiger partial charge in [0.25, 0.3) is 0 Å². The number of benzene rings is 1. The normalized spacial score (nSPS) is 11.0. The maximum atomic E-state index is 5.96. The van der Waals surface area contributed by atoms with Crippen LogP contribution in [0, 0.1) is 0 Å². The minimum Gasteiger partial charge on any atom is -0.381 e. The molecule has 0 atom stereocenters. The first kappa shape index (κ1) is 14.9. The van der Waals surface area contributed by atoms with Gasteiger partial charge in [0.15, 0.2) is 0 Å². The minimum atomic E-state index is 0.574. The topological polar surface area (TPSA) is 12.0 Å². The molecule has 0 aromatic heterocycles. The molecule has 1 nitrogen and oxygen atoms in total. The molecule has 3 heteroatoms. The Morgan fingerprint density at radius 1 is 1.22 bits per heavy atom. The van der Waals surface area contributed by atoms with Crippen LogP contribution in [-0.4, -0.2) is 0 Å². The molecular weight excluding hydrogens is 265 g/mol. The molecule has 1 aromatic rings. The van der Waals surface area contributed by atoms with Crippen molar-refractivity contribution in [3.05, 3.63) is 69.9 Å². The molecule has 0 radical (unpaired) electrons. The third kappa shape index (κ3) is 4.99. The molecule has 0 amide bonds. The van der Waals surface area contributed by atoms with Crippen molar-refractivity contribution in [2.75, 3.05) is 0 Å². The van der Waals surface area contributed by atoms with E-state index < -0.39 is 0 Å². The highest BCUT2D eigenvalue weighted by Crippen LogP contribution is 2.22. The molecule has 1 N–H and O–H groups in total. The summed E-state index contributed by atoms with van der Waals surface area (Å²) in [5.74, 6) is 0. The molecule has 96 valence electrons. The zero-order valence-electron chi connectivity index (χ0n) is 10.6. The van der Waals surface area contributed by atoms with Gasteiger partial charge >= 0.3 is 0 Å². The summed E-state index contributed by atoms with van der Waals surface area (Å²) < 4.78 is 0. The average Bonchev–Trinajstić information content (AvgIpc) is 2.33. The average molecular weight is 282 g/mol. The van der Waals surface area contributed by atoms with Crippen LogP contribution in [0.25, 0.3) is 0 Å². The van der Waals surface area contributed by atoms with Gasteiger partial charge in [-0.2, -0.15) is 0 Å². The lowest BCUT2D eigenvalue weighted by atomic mass is 10.2. The molecule has 1 aromatic carbocycles. The van der Waals surface area contributed by atoms with E-state index in [1.165, 1.54) is 5.57 Å². The Bertz CT molecular complexity index is 483.